The second-order valence-electron chi connectivity index (χ2n) is 5.27. The molecule has 1 aromatic rings. The Balaban J connectivity index is 2.02. The Bertz CT molecular complexity index is 536. The Hall–Kier alpha value is -0.390. The zero-order valence-corrected chi connectivity index (χ0v) is 13.6. The topological polar surface area (TPSA) is 46.2 Å². The van der Waals surface area contributed by atoms with Crippen molar-refractivity contribution in [2.24, 2.45) is 5.92 Å². The molecular weight excluding hydrogens is 326 g/mol. The molecule has 0 radical (unpaired) electrons. The summed E-state index contributed by atoms with van der Waals surface area (Å²) < 4.78 is 28.1. The van der Waals surface area contributed by atoms with E-state index in [1.165, 1.54) is 19.3 Å². The van der Waals surface area contributed by atoms with Gasteiger partial charge in [-0.3, -0.25) is 0 Å². The zero-order chi connectivity index (χ0) is 13.9. The third kappa shape index (κ3) is 4.04. The van der Waals surface area contributed by atoms with Crippen molar-refractivity contribution < 1.29 is 8.42 Å². The van der Waals surface area contributed by atoms with Gasteiger partial charge in [0.1, 0.15) is 0 Å². The lowest BCUT2D eigenvalue weighted by atomic mass is 9.90. The summed E-state index contributed by atoms with van der Waals surface area (Å²) in [6.07, 6.45) is 6.02. The minimum Gasteiger partial charge on any atom is -0.211 e. The lowest BCUT2D eigenvalue weighted by Crippen LogP contribution is -2.30. The van der Waals surface area contributed by atoms with Crippen LogP contribution in [-0.4, -0.2) is 15.0 Å². The van der Waals surface area contributed by atoms with Gasteiger partial charge in [-0.25, -0.2) is 13.1 Å². The number of hydrogen-bond donors (Lipinski definition) is 1. The summed E-state index contributed by atoms with van der Waals surface area (Å²) in [5, 5.41) is 0. The van der Waals surface area contributed by atoms with Gasteiger partial charge in [-0.1, -0.05) is 35.2 Å². The number of benzene rings is 1. The summed E-state index contributed by atoms with van der Waals surface area (Å²) in [4.78, 5) is 0.351. The maximum atomic E-state index is 12.2. The van der Waals surface area contributed by atoms with E-state index < -0.39 is 10.0 Å². The molecule has 1 N–H and O–H groups in total. The maximum absolute atomic E-state index is 12.2. The van der Waals surface area contributed by atoms with Crippen molar-refractivity contribution in [2.45, 2.75) is 43.9 Å². The first-order valence-corrected chi connectivity index (χ1v) is 9.02. The van der Waals surface area contributed by atoms with Gasteiger partial charge in [-0.15, -0.1) is 0 Å². The molecule has 0 aromatic heterocycles. The van der Waals surface area contributed by atoms with Gasteiger partial charge in [0.2, 0.25) is 10.0 Å². The molecule has 0 spiro atoms. The van der Waals surface area contributed by atoms with E-state index in [0.29, 0.717) is 17.4 Å². The molecule has 1 saturated carbocycles. The molecule has 1 fully saturated rings. The highest BCUT2D eigenvalue weighted by atomic mass is 79.9. The molecule has 0 amide bonds. The molecule has 0 saturated heterocycles. The molecule has 5 heteroatoms. The van der Waals surface area contributed by atoms with Crippen molar-refractivity contribution in [3.63, 3.8) is 0 Å². The molecule has 3 nitrogen and oxygen atoms in total. The lowest BCUT2D eigenvalue weighted by molar-refractivity contribution is 0.357. The van der Waals surface area contributed by atoms with Crippen LogP contribution in [0.1, 0.15) is 37.7 Å². The van der Waals surface area contributed by atoms with Gasteiger partial charge in [0.15, 0.2) is 0 Å². The molecule has 0 unspecified atom stereocenters. The smallest absolute Gasteiger partial charge is 0.211 e. The van der Waals surface area contributed by atoms with E-state index in [-0.39, 0.29) is 0 Å². The van der Waals surface area contributed by atoms with Crippen LogP contribution in [0.2, 0.25) is 0 Å². The first-order valence-electron chi connectivity index (χ1n) is 6.75. The monoisotopic (exact) mass is 345 g/mol. The van der Waals surface area contributed by atoms with E-state index in [2.05, 4.69) is 20.7 Å². The zero-order valence-electron chi connectivity index (χ0n) is 11.2. The maximum Gasteiger partial charge on any atom is 0.240 e. The molecule has 1 aromatic carbocycles. The molecule has 1 aliphatic rings. The number of aryl methyl sites for hydroxylation is 1. The van der Waals surface area contributed by atoms with E-state index in [1.54, 1.807) is 18.2 Å². The van der Waals surface area contributed by atoms with Crippen molar-refractivity contribution in [1.82, 2.24) is 4.72 Å². The molecule has 0 aliphatic heterocycles. The Morgan fingerprint density at radius 2 is 1.95 bits per heavy atom. The summed E-state index contributed by atoms with van der Waals surface area (Å²) in [5.41, 5.74) is 0.931. The van der Waals surface area contributed by atoms with Crippen LogP contribution in [0.4, 0.5) is 0 Å². The van der Waals surface area contributed by atoms with E-state index in [9.17, 15) is 8.42 Å². The standard InChI is InChI=1S/C14H20BrNO2S/c1-11-9-13(7-8-14(11)15)19(17,18)16-10-12-5-3-2-4-6-12/h7-9,12,16H,2-6,10H2,1H3. The normalized spacial score (nSPS) is 17.6. The average Bonchev–Trinajstić information content (AvgIpc) is 2.41. The van der Waals surface area contributed by atoms with Crippen molar-refractivity contribution in [3.8, 4) is 0 Å². The quantitative estimate of drug-likeness (QED) is 0.905. The highest BCUT2D eigenvalue weighted by molar-refractivity contribution is 9.10. The minimum absolute atomic E-state index is 0.351. The molecule has 0 bridgehead atoms. The third-order valence-corrected chi connectivity index (χ3v) is 6.04. The number of hydrogen-bond acceptors (Lipinski definition) is 2. The first kappa shape index (κ1) is 15.0. The Morgan fingerprint density at radius 1 is 1.26 bits per heavy atom. The van der Waals surface area contributed by atoms with E-state index >= 15 is 0 Å². The number of sulfonamides is 1. The van der Waals surface area contributed by atoms with Gasteiger partial charge in [-0.05, 0) is 49.4 Å². The van der Waals surface area contributed by atoms with Crippen LogP contribution in [-0.2, 0) is 10.0 Å². The second kappa shape index (κ2) is 6.37. The minimum atomic E-state index is -3.37. The largest absolute Gasteiger partial charge is 0.240 e. The Labute approximate surface area is 124 Å². The molecule has 2 rings (SSSR count). The van der Waals surface area contributed by atoms with Crippen LogP contribution in [0.25, 0.3) is 0 Å². The SMILES string of the molecule is Cc1cc(S(=O)(=O)NCC2CCCCC2)ccc1Br. The Kier molecular flexibility index (Phi) is 5.03. The van der Waals surface area contributed by atoms with Crippen LogP contribution in [0.5, 0.6) is 0 Å². The summed E-state index contributed by atoms with van der Waals surface area (Å²) in [6.45, 7) is 2.46. The van der Waals surface area contributed by atoms with E-state index in [1.807, 2.05) is 6.92 Å². The predicted molar refractivity (Wildman–Crippen MR) is 80.6 cm³/mol. The fraction of sp³-hybridized carbons (Fsp3) is 0.571. The van der Waals surface area contributed by atoms with Crippen molar-refractivity contribution in [3.05, 3.63) is 28.2 Å². The summed E-state index contributed by atoms with van der Waals surface area (Å²) >= 11 is 3.38. The molecule has 0 atom stereocenters. The van der Waals surface area contributed by atoms with Crippen LogP contribution < -0.4 is 4.72 Å². The predicted octanol–water partition coefficient (Wildman–Crippen LogP) is 3.62. The van der Waals surface area contributed by atoms with E-state index in [4.69, 9.17) is 0 Å². The highest BCUT2D eigenvalue weighted by Gasteiger charge is 2.19. The summed E-state index contributed by atoms with van der Waals surface area (Å²) in [5.74, 6) is 0.500. The molecule has 106 valence electrons. The molecule has 1 aliphatic carbocycles. The Morgan fingerprint density at radius 3 is 2.58 bits per heavy atom. The van der Waals surface area contributed by atoms with Crippen LogP contribution in [0.15, 0.2) is 27.6 Å². The number of halogens is 1. The second-order valence-corrected chi connectivity index (χ2v) is 7.89. The van der Waals surface area contributed by atoms with Gasteiger partial charge < -0.3 is 0 Å². The lowest BCUT2D eigenvalue weighted by Gasteiger charge is -2.21. The third-order valence-electron chi connectivity index (χ3n) is 3.73. The summed E-state index contributed by atoms with van der Waals surface area (Å²) in [6, 6.07) is 5.12. The fourth-order valence-corrected chi connectivity index (χ4v) is 3.93. The van der Waals surface area contributed by atoms with Crippen LogP contribution in [0, 0.1) is 12.8 Å². The van der Waals surface area contributed by atoms with Gasteiger partial charge in [-0.2, -0.15) is 0 Å². The number of rotatable bonds is 4. The highest BCUT2D eigenvalue weighted by Crippen LogP contribution is 2.24. The summed E-state index contributed by atoms with van der Waals surface area (Å²) in [7, 11) is -3.37. The van der Waals surface area contributed by atoms with Crippen molar-refractivity contribution >= 4 is 26.0 Å². The fourth-order valence-electron chi connectivity index (χ4n) is 2.49. The van der Waals surface area contributed by atoms with Crippen molar-refractivity contribution in [1.29, 1.82) is 0 Å². The van der Waals surface area contributed by atoms with Gasteiger partial charge in [0.05, 0.1) is 4.90 Å². The molecule has 19 heavy (non-hydrogen) atoms. The van der Waals surface area contributed by atoms with Crippen LogP contribution >= 0.6 is 15.9 Å². The van der Waals surface area contributed by atoms with Gasteiger partial charge >= 0.3 is 0 Å². The first-order chi connectivity index (χ1) is 8.99. The number of nitrogens with one attached hydrogen (secondary N) is 1. The van der Waals surface area contributed by atoms with Gasteiger partial charge in [0, 0.05) is 11.0 Å². The average molecular weight is 346 g/mol. The van der Waals surface area contributed by atoms with Crippen LogP contribution in [0.3, 0.4) is 0 Å². The van der Waals surface area contributed by atoms with Gasteiger partial charge in [0.25, 0.3) is 0 Å². The molecule has 0 heterocycles. The van der Waals surface area contributed by atoms with E-state index in [0.717, 1.165) is 22.9 Å². The molecular formula is C14H20BrNO2S. The van der Waals surface area contributed by atoms with Crippen molar-refractivity contribution in [2.75, 3.05) is 6.54 Å².